The van der Waals surface area contributed by atoms with Crippen LogP contribution in [-0.4, -0.2) is 23.5 Å². The Morgan fingerprint density at radius 1 is 1.39 bits per heavy atom. The monoisotopic (exact) mass is 328 g/mol. The SMILES string of the molecule is CC(C)C[C@H](Nc1cscc1-c1ccccn1)C(=O)NCC#N. The minimum atomic E-state index is -0.375. The van der Waals surface area contributed by atoms with Crippen molar-refractivity contribution in [1.29, 1.82) is 5.26 Å². The molecule has 1 atom stereocenters. The number of rotatable bonds is 7. The van der Waals surface area contributed by atoms with Crippen molar-refractivity contribution in [3.63, 3.8) is 0 Å². The second-order valence-electron chi connectivity index (χ2n) is 5.62. The van der Waals surface area contributed by atoms with Crippen molar-refractivity contribution >= 4 is 22.9 Å². The molecule has 0 aromatic carbocycles. The van der Waals surface area contributed by atoms with Crippen LogP contribution in [0.15, 0.2) is 35.2 Å². The Balaban J connectivity index is 2.19. The lowest BCUT2D eigenvalue weighted by Crippen LogP contribution is -2.40. The third-order valence-electron chi connectivity index (χ3n) is 3.30. The Bertz CT molecular complexity index is 675. The molecule has 0 bridgehead atoms. The zero-order valence-electron chi connectivity index (χ0n) is 13.2. The van der Waals surface area contributed by atoms with E-state index in [1.165, 1.54) is 0 Å². The number of hydrogen-bond acceptors (Lipinski definition) is 5. The summed E-state index contributed by atoms with van der Waals surface area (Å²) < 4.78 is 0. The van der Waals surface area contributed by atoms with Crippen LogP contribution in [0.2, 0.25) is 0 Å². The zero-order chi connectivity index (χ0) is 16.7. The van der Waals surface area contributed by atoms with Crippen LogP contribution in [0.1, 0.15) is 20.3 Å². The van der Waals surface area contributed by atoms with Gasteiger partial charge >= 0.3 is 0 Å². The maximum absolute atomic E-state index is 12.3. The van der Waals surface area contributed by atoms with Crippen LogP contribution in [0.3, 0.4) is 0 Å². The van der Waals surface area contributed by atoms with Gasteiger partial charge in [0.05, 0.1) is 17.5 Å². The first-order valence-corrected chi connectivity index (χ1v) is 8.45. The highest BCUT2D eigenvalue weighted by Gasteiger charge is 2.21. The molecule has 120 valence electrons. The molecule has 2 heterocycles. The first-order valence-electron chi connectivity index (χ1n) is 7.50. The molecule has 6 heteroatoms. The summed E-state index contributed by atoms with van der Waals surface area (Å²) in [6.07, 6.45) is 2.44. The van der Waals surface area contributed by atoms with Crippen molar-refractivity contribution in [3.05, 3.63) is 35.2 Å². The van der Waals surface area contributed by atoms with Crippen LogP contribution in [0, 0.1) is 17.2 Å². The maximum Gasteiger partial charge on any atom is 0.243 e. The number of hydrogen-bond donors (Lipinski definition) is 2. The number of amides is 1. The predicted molar refractivity (Wildman–Crippen MR) is 93.0 cm³/mol. The molecule has 2 N–H and O–H groups in total. The molecule has 0 saturated carbocycles. The maximum atomic E-state index is 12.3. The lowest BCUT2D eigenvalue weighted by molar-refractivity contribution is -0.121. The molecule has 0 aliphatic carbocycles. The van der Waals surface area contributed by atoms with E-state index in [0.717, 1.165) is 16.9 Å². The molecule has 0 fully saturated rings. The summed E-state index contributed by atoms with van der Waals surface area (Å²) in [5.41, 5.74) is 2.75. The van der Waals surface area contributed by atoms with E-state index in [4.69, 9.17) is 5.26 Å². The smallest absolute Gasteiger partial charge is 0.243 e. The average Bonchev–Trinajstić information content (AvgIpc) is 3.00. The summed E-state index contributed by atoms with van der Waals surface area (Å²) in [5.74, 6) is 0.204. The summed E-state index contributed by atoms with van der Waals surface area (Å²) in [4.78, 5) is 16.6. The lowest BCUT2D eigenvalue weighted by atomic mass is 10.0. The average molecular weight is 328 g/mol. The van der Waals surface area contributed by atoms with Crippen molar-refractivity contribution < 1.29 is 4.79 Å². The molecule has 2 rings (SSSR count). The quantitative estimate of drug-likeness (QED) is 0.765. The van der Waals surface area contributed by atoms with E-state index in [2.05, 4.69) is 29.5 Å². The minimum Gasteiger partial charge on any atom is -0.372 e. The van der Waals surface area contributed by atoms with Crippen LogP contribution in [-0.2, 0) is 4.79 Å². The van der Waals surface area contributed by atoms with Gasteiger partial charge in [-0.15, -0.1) is 11.3 Å². The van der Waals surface area contributed by atoms with Crippen LogP contribution in [0.25, 0.3) is 11.3 Å². The number of nitriles is 1. The summed E-state index contributed by atoms with van der Waals surface area (Å²) >= 11 is 1.56. The van der Waals surface area contributed by atoms with Gasteiger partial charge in [0, 0.05) is 22.5 Å². The highest BCUT2D eigenvalue weighted by Crippen LogP contribution is 2.31. The number of anilines is 1. The normalized spacial score (nSPS) is 11.7. The van der Waals surface area contributed by atoms with E-state index in [-0.39, 0.29) is 18.5 Å². The molecule has 0 saturated heterocycles. The fraction of sp³-hybridized carbons (Fsp3) is 0.353. The van der Waals surface area contributed by atoms with E-state index in [1.807, 2.05) is 35.0 Å². The van der Waals surface area contributed by atoms with Crippen molar-refractivity contribution in [1.82, 2.24) is 10.3 Å². The molecule has 2 aromatic rings. The number of carbonyl (C=O) groups excluding carboxylic acids is 1. The summed E-state index contributed by atoms with van der Waals surface area (Å²) in [5, 5.41) is 18.6. The number of pyridine rings is 1. The lowest BCUT2D eigenvalue weighted by Gasteiger charge is -2.20. The van der Waals surface area contributed by atoms with Gasteiger partial charge in [-0.05, 0) is 24.5 Å². The van der Waals surface area contributed by atoms with E-state index in [0.29, 0.717) is 12.3 Å². The summed E-state index contributed by atoms with van der Waals surface area (Å²) in [6, 6.07) is 7.32. The van der Waals surface area contributed by atoms with Crippen molar-refractivity contribution in [2.24, 2.45) is 5.92 Å². The molecule has 23 heavy (non-hydrogen) atoms. The standard InChI is InChI=1S/C17H20N4OS/c1-12(2)9-15(17(22)20-8-6-18)21-16-11-23-10-13(16)14-5-3-4-7-19-14/h3-5,7,10-12,15,21H,8-9H2,1-2H3,(H,20,22)/t15-/m0/s1. The highest BCUT2D eigenvalue weighted by atomic mass is 32.1. The molecule has 0 unspecified atom stereocenters. The minimum absolute atomic E-state index is 0.0197. The second kappa shape index (κ2) is 8.30. The number of nitrogens with one attached hydrogen (secondary N) is 2. The zero-order valence-corrected chi connectivity index (χ0v) is 14.1. The fourth-order valence-electron chi connectivity index (χ4n) is 2.27. The van der Waals surface area contributed by atoms with Gasteiger partial charge < -0.3 is 10.6 Å². The molecule has 0 spiro atoms. The topological polar surface area (TPSA) is 77.8 Å². The Labute approximate surface area is 140 Å². The molecule has 0 aliphatic rings. The molecule has 2 aromatic heterocycles. The van der Waals surface area contributed by atoms with E-state index in [9.17, 15) is 4.79 Å². The molecule has 0 radical (unpaired) electrons. The Morgan fingerprint density at radius 3 is 2.87 bits per heavy atom. The summed E-state index contributed by atoms with van der Waals surface area (Å²) in [6.45, 7) is 4.16. The van der Waals surface area contributed by atoms with Gasteiger partial charge in [0.1, 0.15) is 12.6 Å². The van der Waals surface area contributed by atoms with Crippen LogP contribution in [0.5, 0.6) is 0 Å². The van der Waals surface area contributed by atoms with Crippen LogP contribution < -0.4 is 10.6 Å². The van der Waals surface area contributed by atoms with E-state index >= 15 is 0 Å². The number of aromatic nitrogens is 1. The molecular weight excluding hydrogens is 308 g/mol. The number of carbonyl (C=O) groups is 1. The molecule has 1 amide bonds. The Kier molecular flexibility index (Phi) is 6.12. The van der Waals surface area contributed by atoms with Gasteiger partial charge in [-0.25, -0.2) is 0 Å². The summed E-state index contributed by atoms with van der Waals surface area (Å²) in [7, 11) is 0. The Morgan fingerprint density at radius 2 is 2.22 bits per heavy atom. The van der Waals surface area contributed by atoms with E-state index in [1.54, 1.807) is 17.5 Å². The van der Waals surface area contributed by atoms with Gasteiger partial charge in [0.25, 0.3) is 0 Å². The fourth-order valence-corrected chi connectivity index (χ4v) is 3.05. The third-order valence-corrected chi connectivity index (χ3v) is 4.04. The largest absolute Gasteiger partial charge is 0.372 e. The van der Waals surface area contributed by atoms with E-state index < -0.39 is 0 Å². The van der Waals surface area contributed by atoms with Crippen LogP contribution >= 0.6 is 11.3 Å². The van der Waals surface area contributed by atoms with Gasteiger partial charge in [-0.2, -0.15) is 5.26 Å². The first kappa shape index (κ1) is 17.0. The number of nitrogens with zero attached hydrogens (tertiary/aromatic N) is 2. The van der Waals surface area contributed by atoms with Crippen LogP contribution in [0.4, 0.5) is 5.69 Å². The van der Waals surface area contributed by atoms with Crippen molar-refractivity contribution in [2.45, 2.75) is 26.3 Å². The second-order valence-corrected chi connectivity index (χ2v) is 6.36. The predicted octanol–water partition coefficient (Wildman–Crippen LogP) is 3.28. The molecule has 5 nitrogen and oxygen atoms in total. The molecule has 0 aliphatic heterocycles. The number of thiophene rings is 1. The van der Waals surface area contributed by atoms with Crippen molar-refractivity contribution in [3.8, 4) is 17.3 Å². The first-order chi connectivity index (χ1) is 11.1. The van der Waals surface area contributed by atoms with Gasteiger partial charge in [0.2, 0.25) is 5.91 Å². The third kappa shape index (κ3) is 4.80. The Hall–Kier alpha value is -2.39. The van der Waals surface area contributed by atoms with Crippen molar-refractivity contribution in [2.75, 3.05) is 11.9 Å². The van der Waals surface area contributed by atoms with Gasteiger partial charge in [-0.3, -0.25) is 9.78 Å². The van der Waals surface area contributed by atoms with Gasteiger partial charge in [0.15, 0.2) is 0 Å². The highest BCUT2D eigenvalue weighted by molar-refractivity contribution is 7.08. The molecular formula is C17H20N4OS. The van der Waals surface area contributed by atoms with Gasteiger partial charge in [-0.1, -0.05) is 19.9 Å².